The molecule has 2 N–H and O–H groups in total. The third-order valence-corrected chi connectivity index (χ3v) is 4.51. The van der Waals surface area contributed by atoms with E-state index in [0.717, 1.165) is 32.5 Å². The van der Waals surface area contributed by atoms with Crippen molar-refractivity contribution in [1.29, 1.82) is 0 Å². The van der Waals surface area contributed by atoms with Gasteiger partial charge < -0.3 is 10.6 Å². The molecule has 1 heterocycles. The van der Waals surface area contributed by atoms with Crippen LogP contribution in [-0.2, 0) is 4.79 Å². The van der Waals surface area contributed by atoms with Gasteiger partial charge in [0.25, 0.3) is 0 Å². The molecule has 4 heteroatoms. The maximum atomic E-state index is 12.4. The van der Waals surface area contributed by atoms with E-state index in [-0.39, 0.29) is 11.9 Å². The Balaban J connectivity index is 2.56. The molecule has 0 bridgehead atoms. The predicted molar refractivity (Wildman–Crippen MR) is 84.9 cm³/mol. The minimum Gasteiger partial charge on any atom is -0.352 e. The fourth-order valence-electron chi connectivity index (χ4n) is 3.03. The second-order valence-electron chi connectivity index (χ2n) is 5.89. The zero-order valence-corrected chi connectivity index (χ0v) is 13.7. The molecular formula is C16H33N3O. The van der Waals surface area contributed by atoms with Crippen molar-refractivity contribution in [2.24, 2.45) is 0 Å². The Morgan fingerprint density at radius 3 is 2.55 bits per heavy atom. The normalized spacial score (nSPS) is 21.9. The summed E-state index contributed by atoms with van der Waals surface area (Å²) in [5.41, 5.74) is 0. The Kier molecular flexibility index (Phi) is 8.15. The third kappa shape index (κ3) is 5.06. The molecule has 1 rings (SSSR count). The van der Waals surface area contributed by atoms with Crippen molar-refractivity contribution in [3.8, 4) is 0 Å². The van der Waals surface area contributed by atoms with E-state index in [1.165, 1.54) is 19.3 Å². The van der Waals surface area contributed by atoms with Crippen molar-refractivity contribution in [1.82, 2.24) is 15.5 Å². The van der Waals surface area contributed by atoms with E-state index in [2.05, 4.69) is 43.2 Å². The number of amides is 1. The summed E-state index contributed by atoms with van der Waals surface area (Å²) in [5, 5.41) is 6.62. The summed E-state index contributed by atoms with van der Waals surface area (Å²) >= 11 is 0. The molecule has 1 aliphatic heterocycles. The highest BCUT2D eigenvalue weighted by atomic mass is 16.2. The quantitative estimate of drug-likeness (QED) is 0.717. The number of carbonyl (C=O) groups excluding carboxylic acids is 1. The summed E-state index contributed by atoms with van der Waals surface area (Å²) < 4.78 is 0. The number of piperidine rings is 1. The SMILES string of the molecule is CCNCC1CCCCN1C(C)C(=O)NC(CC)CC. The molecule has 1 aliphatic rings. The van der Waals surface area contributed by atoms with Crippen LogP contribution >= 0.6 is 0 Å². The molecule has 2 unspecified atom stereocenters. The van der Waals surface area contributed by atoms with E-state index in [4.69, 9.17) is 0 Å². The van der Waals surface area contributed by atoms with Gasteiger partial charge in [0.05, 0.1) is 6.04 Å². The Hall–Kier alpha value is -0.610. The Bertz CT molecular complexity index is 279. The van der Waals surface area contributed by atoms with E-state index in [1.807, 2.05) is 0 Å². The van der Waals surface area contributed by atoms with Gasteiger partial charge in [-0.3, -0.25) is 9.69 Å². The van der Waals surface area contributed by atoms with Crippen LogP contribution in [0.5, 0.6) is 0 Å². The molecule has 1 saturated heterocycles. The van der Waals surface area contributed by atoms with Gasteiger partial charge in [-0.25, -0.2) is 0 Å². The fraction of sp³-hybridized carbons (Fsp3) is 0.938. The van der Waals surface area contributed by atoms with Crippen LogP contribution in [0, 0.1) is 0 Å². The molecule has 0 aromatic heterocycles. The van der Waals surface area contributed by atoms with Crippen molar-refractivity contribution in [2.75, 3.05) is 19.6 Å². The average Bonchev–Trinajstić information content (AvgIpc) is 2.49. The van der Waals surface area contributed by atoms with Gasteiger partial charge in [0, 0.05) is 18.6 Å². The molecular weight excluding hydrogens is 250 g/mol. The van der Waals surface area contributed by atoms with E-state index < -0.39 is 0 Å². The van der Waals surface area contributed by atoms with Crippen LogP contribution in [0.2, 0.25) is 0 Å². The minimum absolute atomic E-state index is 0.0143. The first-order valence-electron chi connectivity index (χ1n) is 8.40. The molecule has 1 amide bonds. The van der Waals surface area contributed by atoms with Crippen LogP contribution in [-0.4, -0.2) is 48.6 Å². The molecule has 2 atom stereocenters. The zero-order valence-electron chi connectivity index (χ0n) is 13.7. The summed E-state index contributed by atoms with van der Waals surface area (Å²) in [4.78, 5) is 14.8. The molecule has 0 radical (unpaired) electrons. The number of hydrogen-bond acceptors (Lipinski definition) is 3. The summed E-state index contributed by atoms with van der Waals surface area (Å²) in [6.07, 6.45) is 5.72. The Morgan fingerprint density at radius 2 is 1.95 bits per heavy atom. The number of nitrogens with zero attached hydrogens (tertiary/aromatic N) is 1. The Labute approximate surface area is 124 Å². The average molecular weight is 283 g/mol. The van der Waals surface area contributed by atoms with Gasteiger partial charge in [0.1, 0.15) is 0 Å². The topological polar surface area (TPSA) is 44.4 Å². The van der Waals surface area contributed by atoms with Crippen molar-refractivity contribution in [2.45, 2.75) is 77.9 Å². The van der Waals surface area contributed by atoms with Crippen LogP contribution < -0.4 is 10.6 Å². The lowest BCUT2D eigenvalue weighted by molar-refractivity contribution is -0.128. The highest BCUT2D eigenvalue weighted by Crippen LogP contribution is 2.19. The van der Waals surface area contributed by atoms with E-state index in [9.17, 15) is 4.79 Å². The number of rotatable bonds is 8. The van der Waals surface area contributed by atoms with Gasteiger partial charge in [0.15, 0.2) is 0 Å². The monoisotopic (exact) mass is 283 g/mol. The standard InChI is InChI=1S/C16H33N3O/c1-5-14(6-2)18-16(20)13(4)19-11-9-8-10-15(19)12-17-7-3/h13-15,17H,5-12H2,1-4H3,(H,18,20). The summed E-state index contributed by atoms with van der Waals surface area (Å²) in [7, 11) is 0. The number of likely N-dealkylation sites (tertiary alicyclic amines) is 1. The molecule has 0 aliphatic carbocycles. The van der Waals surface area contributed by atoms with Gasteiger partial charge in [-0.1, -0.05) is 27.2 Å². The maximum absolute atomic E-state index is 12.4. The lowest BCUT2D eigenvalue weighted by Crippen LogP contribution is -2.55. The second kappa shape index (κ2) is 9.35. The molecule has 0 spiro atoms. The van der Waals surface area contributed by atoms with Crippen molar-refractivity contribution < 1.29 is 4.79 Å². The van der Waals surface area contributed by atoms with E-state index in [1.54, 1.807) is 0 Å². The maximum Gasteiger partial charge on any atom is 0.237 e. The summed E-state index contributed by atoms with van der Waals surface area (Å²) in [6, 6.07) is 0.813. The minimum atomic E-state index is -0.0143. The van der Waals surface area contributed by atoms with Gasteiger partial charge in [0.2, 0.25) is 5.91 Å². The third-order valence-electron chi connectivity index (χ3n) is 4.51. The molecule has 4 nitrogen and oxygen atoms in total. The van der Waals surface area contributed by atoms with Crippen LogP contribution in [0.1, 0.15) is 59.8 Å². The van der Waals surface area contributed by atoms with Crippen LogP contribution in [0.4, 0.5) is 0 Å². The van der Waals surface area contributed by atoms with E-state index in [0.29, 0.717) is 12.1 Å². The first-order valence-corrected chi connectivity index (χ1v) is 8.40. The smallest absolute Gasteiger partial charge is 0.237 e. The Morgan fingerprint density at radius 1 is 1.25 bits per heavy atom. The highest BCUT2D eigenvalue weighted by Gasteiger charge is 2.30. The molecule has 20 heavy (non-hydrogen) atoms. The van der Waals surface area contributed by atoms with Crippen LogP contribution in [0.25, 0.3) is 0 Å². The first kappa shape index (κ1) is 17.4. The highest BCUT2D eigenvalue weighted by molar-refractivity contribution is 5.81. The lowest BCUT2D eigenvalue weighted by Gasteiger charge is -2.39. The fourth-order valence-corrected chi connectivity index (χ4v) is 3.03. The van der Waals surface area contributed by atoms with Crippen molar-refractivity contribution in [3.05, 3.63) is 0 Å². The van der Waals surface area contributed by atoms with E-state index >= 15 is 0 Å². The zero-order chi connectivity index (χ0) is 15.0. The van der Waals surface area contributed by atoms with Crippen molar-refractivity contribution in [3.63, 3.8) is 0 Å². The second-order valence-corrected chi connectivity index (χ2v) is 5.89. The predicted octanol–water partition coefficient (Wildman–Crippen LogP) is 2.14. The number of likely N-dealkylation sites (N-methyl/N-ethyl adjacent to an activating group) is 1. The summed E-state index contributed by atoms with van der Waals surface area (Å²) in [6.45, 7) is 11.5. The number of carbonyl (C=O) groups is 1. The first-order chi connectivity index (χ1) is 9.63. The molecule has 1 fully saturated rings. The van der Waals surface area contributed by atoms with Crippen molar-refractivity contribution >= 4 is 5.91 Å². The van der Waals surface area contributed by atoms with Gasteiger partial charge in [-0.2, -0.15) is 0 Å². The molecule has 118 valence electrons. The molecule has 0 aromatic rings. The number of nitrogens with one attached hydrogen (secondary N) is 2. The lowest BCUT2D eigenvalue weighted by atomic mass is 9.99. The van der Waals surface area contributed by atoms with Gasteiger partial charge >= 0.3 is 0 Å². The summed E-state index contributed by atoms with van der Waals surface area (Å²) in [5.74, 6) is 0.196. The van der Waals surface area contributed by atoms with Crippen LogP contribution in [0.15, 0.2) is 0 Å². The van der Waals surface area contributed by atoms with Gasteiger partial charge in [-0.15, -0.1) is 0 Å². The van der Waals surface area contributed by atoms with Gasteiger partial charge in [-0.05, 0) is 45.7 Å². The van der Waals surface area contributed by atoms with Crippen LogP contribution in [0.3, 0.4) is 0 Å². The number of hydrogen-bond donors (Lipinski definition) is 2. The molecule has 0 aromatic carbocycles. The largest absolute Gasteiger partial charge is 0.352 e. The molecule has 0 saturated carbocycles.